The minimum absolute atomic E-state index is 0.351. The van der Waals surface area contributed by atoms with Gasteiger partial charge in [-0.3, -0.25) is 4.68 Å². The predicted molar refractivity (Wildman–Crippen MR) is 74.4 cm³/mol. The second kappa shape index (κ2) is 5.36. The average molecular weight is 243 g/mol. The fourth-order valence-corrected chi connectivity index (χ4v) is 2.21. The molecule has 0 saturated heterocycles. The van der Waals surface area contributed by atoms with Crippen molar-refractivity contribution in [1.29, 1.82) is 0 Å². The smallest absolute Gasteiger partial charge is 0.0534 e. The molecule has 0 spiro atoms. The topological polar surface area (TPSA) is 29.9 Å². The molecule has 1 heterocycles. The fourth-order valence-electron chi connectivity index (χ4n) is 2.21. The van der Waals surface area contributed by atoms with Crippen molar-refractivity contribution in [2.45, 2.75) is 33.4 Å². The van der Waals surface area contributed by atoms with Gasteiger partial charge in [0.15, 0.2) is 0 Å². The lowest BCUT2D eigenvalue weighted by Gasteiger charge is -2.15. The van der Waals surface area contributed by atoms with Crippen LogP contribution in [0, 0.1) is 13.8 Å². The highest BCUT2D eigenvalue weighted by Gasteiger charge is 2.06. The molecule has 0 aliphatic rings. The molecule has 3 nitrogen and oxygen atoms in total. The van der Waals surface area contributed by atoms with E-state index in [-0.39, 0.29) is 0 Å². The minimum atomic E-state index is 0.351. The van der Waals surface area contributed by atoms with Crippen molar-refractivity contribution in [2.24, 2.45) is 7.05 Å². The quantitative estimate of drug-likeness (QED) is 0.895. The number of nitrogens with one attached hydrogen (secondary N) is 1. The molecule has 1 aromatic carbocycles. The van der Waals surface area contributed by atoms with Gasteiger partial charge in [0.1, 0.15) is 0 Å². The van der Waals surface area contributed by atoms with Crippen LogP contribution in [0.1, 0.15) is 35.2 Å². The van der Waals surface area contributed by atoms with E-state index in [0.29, 0.717) is 6.04 Å². The molecule has 96 valence electrons. The van der Waals surface area contributed by atoms with E-state index in [1.54, 1.807) is 0 Å². The van der Waals surface area contributed by atoms with E-state index in [4.69, 9.17) is 0 Å². The van der Waals surface area contributed by atoms with Crippen LogP contribution in [0.4, 0.5) is 0 Å². The van der Waals surface area contributed by atoms with Crippen molar-refractivity contribution >= 4 is 0 Å². The van der Waals surface area contributed by atoms with Gasteiger partial charge >= 0.3 is 0 Å². The summed E-state index contributed by atoms with van der Waals surface area (Å²) < 4.78 is 1.83. The van der Waals surface area contributed by atoms with Gasteiger partial charge in [-0.25, -0.2) is 0 Å². The van der Waals surface area contributed by atoms with E-state index in [2.05, 4.69) is 49.4 Å². The maximum atomic E-state index is 4.17. The maximum absolute atomic E-state index is 4.17. The summed E-state index contributed by atoms with van der Waals surface area (Å²) in [4.78, 5) is 0. The highest BCUT2D eigenvalue weighted by Crippen LogP contribution is 2.17. The molecular formula is C15H21N3. The molecule has 0 aliphatic carbocycles. The number of nitrogens with zero attached hydrogens (tertiary/aromatic N) is 2. The Labute approximate surface area is 109 Å². The minimum Gasteiger partial charge on any atom is -0.306 e. The first kappa shape index (κ1) is 12.8. The van der Waals surface area contributed by atoms with Crippen molar-refractivity contribution in [2.75, 3.05) is 0 Å². The van der Waals surface area contributed by atoms with E-state index >= 15 is 0 Å². The predicted octanol–water partition coefficient (Wildman–Crippen LogP) is 2.89. The lowest BCUT2D eigenvalue weighted by Crippen LogP contribution is -2.18. The molecule has 1 atom stereocenters. The molecule has 1 aromatic heterocycles. The SMILES string of the molecule is Cc1cc(C)cc(C(C)NCc2cnn(C)c2)c1. The van der Waals surface area contributed by atoms with Crippen LogP contribution < -0.4 is 5.32 Å². The van der Waals surface area contributed by atoms with Gasteiger partial charge < -0.3 is 5.32 Å². The van der Waals surface area contributed by atoms with Crippen LogP contribution in [0.3, 0.4) is 0 Å². The third-order valence-electron chi connectivity index (χ3n) is 3.11. The Balaban J connectivity index is 2.01. The monoisotopic (exact) mass is 243 g/mol. The summed E-state index contributed by atoms with van der Waals surface area (Å²) in [6.45, 7) is 7.33. The maximum Gasteiger partial charge on any atom is 0.0534 e. The lowest BCUT2D eigenvalue weighted by atomic mass is 10.0. The number of hydrogen-bond donors (Lipinski definition) is 1. The zero-order valence-corrected chi connectivity index (χ0v) is 11.6. The molecule has 0 amide bonds. The highest BCUT2D eigenvalue weighted by atomic mass is 15.2. The first-order valence-electron chi connectivity index (χ1n) is 6.33. The molecule has 0 fully saturated rings. The van der Waals surface area contributed by atoms with Crippen LogP contribution >= 0.6 is 0 Å². The zero-order chi connectivity index (χ0) is 13.1. The number of hydrogen-bond acceptors (Lipinski definition) is 2. The second-order valence-electron chi connectivity index (χ2n) is 5.05. The van der Waals surface area contributed by atoms with Gasteiger partial charge in [-0.05, 0) is 26.3 Å². The number of benzene rings is 1. The Morgan fingerprint density at radius 1 is 1.22 bits per heavy atom. The molecule has 2 aromatic rings. The van der Waals surface area contributed by atoms with Gasteiger partial charge in [-0.15, -0.1) is 0 Å². The van der Waals surface area contributed by atoms with Crippen LogP contribution in [0.5, 0.6) is 0 Å². The van der Waals surface area contributed by atoms with E-state index in [0.717, 1.165) is 6.54 Å². The summed E-state index contributed by atoms with van der Waals surface area (Å²) >= 11 is 0. The molecule has 3 heteroatoms. The summed E-state index contributed by atoms with van der Waals surface area (Å²) in [6.07, 6.45) is 3.95. The second-order valence-corrected chi connectivity index (χ2v) is 5.05. The average Bonchev–Trinajstić information content (AvgIpc) is 2.70. The van der Waals surface area contributed by atoms with E-state index in [1.165, 1.54) is 22.3 Å². The van der Waals surface area contributed by atoms with Crippen LogP contribution in [0.25, 0.3) is 0 Å². The Morgan fingerprint density at radius 3 is 2.44 bits per heavy atom. The van der Waals surface area contributed by atoms with Crippen molar-refractivity contribution in [3.63, 3.8) is 0 Å². The third kappa shape index (κ3) is 3.20. The van der Waals surface area contributed by atoms with Crippen LogP contribution in [-0.4, -0.2) is 9.78 Å². The highest BCUT2D eigenvalue weighted by molar-refractivity contribution is 5.30. The Bertz CT molecular complexity index is 508. The van der Waals surface area contributed by atoms with Crippen molar-refractivity contribution in [1.82, 2.24) is 15.1 Å². The van der Waals surface area contributed by atoms with Gasteiger partial charge in [-0.1, -0.05) is 29.3 Å². The Kier molecular flexibility index (Phi) is 3.82. The largest absolute Gasteiger partial charge is 0.306 e. The molecular weight excluding hydrogens is 222 g/mol. The third-order valence-corrected chi connectivity index (χ3v) is 3.11. The van der Waals surface area contributed by atoms with Crippen molar-refractivity contribution in [3.8, 4) is 0 Å². The summed E-state index contributed by atoms with van der Waals surface area (Å²) in [7, 11) is 1.94. The summed E-state index contributed by atoms with van der Waals surface area (Å²) in [5, 5.41) is 7.70. The fraction of sp³-hybridized carbons (Fsp3) is 0.400. The molecule has 1 N–H and O–H groups in total. The molecule has 2 rings (SSSR count). The molecule has 1 unspecified atom stereocenters. The first-order valence-corrected chi connectivity index (χ1v) is 6.33. The van der Waals surface area contributed by atoms with Crippen molar-refractivity contribution in [3.05, 3.63) is 52.8 Å². The summed E-state index contributed by atoms with van der Waals surface area (Å²) in [5.74, 6) is 0. The van der Waals surface area contributed by atoms with E-state index in [1.807, 2.05) is 24.1 Å². The molecule has 18 heavy (non-hydrogen) atoms. The standard InChI is InChI=1S/C15H21N3/c1-11-5-12(2)7-15(6-11)13(3)16-8-14-9-17-18(4)10-14/h5-7,9-10,13,16H,8H2,1-4H3. The van der Waals surface area contributed by atoms with Gasteiger partial charge in [0.05, 0.1) is 6.20 Å². The van der Waals surface area contributed by atoms with Crippen LogP contribution in [-0.2, 0) is 13.6 Å². The first-order chi connectivity index (χ1) is 8.54. The van der Waals surface area contributed by atoms with Gasteiger partial charge in [0.25, 0.3) is 0 Å². The number of aromatic nitrogens is 2. The number of rotatable bonds is 4. The Morgan fingerprint density at radius 2 is 1.89 bits per heavy atom. The summed E-state index contributed by atoms with van der Waals surface area (Å²) in [5.41, 5.74) is 5.20. The summed E-state index contributed by atoms with van der Waals surface area (Å²) in [6, 6.07) is 7.04. The molecule has 0 aliphatic heterocycles. The molecule has 0 saturated carbocycles. The van der Waals surface area contributed by atoms with E-state index < -0.39 is 0 Å². The zero-order valence-electron chi connectivity index (χ0n) is 11.6. The van der Waals surface area contributed by atoms with Crippen LogP contribution in [0.15, 0.2) is 30.6 Å². The van der Waals surface area contributed by atoms with Gasteiger partial charge in [0, 0.05) is 31.4 Å². The normalized spacial score (nSPS) is 12.7. The van der Waals surface area contributed by atoms with Gasteiger partial charge in [0.2, 0.25) is 0 Å². The van der Waals surface area contributed by atoms with Crippen LogP contribution in [0.2, 0.25) is 0 Å². The van der Waals surface area contributed by atoms with Gasteiger partial charge in [-0.2, -0.15) is 5.10 Å². The van der Waals surface area contributed by atoms with Crippen molar-refractivity contribution < 1.29 is 0 Å². The lowest BCUT2D eigenvalue weighted by molar-refractivity contribution is 0.574. The molecule has 0 radical (unpaired) electrons. The Hall–Kier alpha value is -1.61. The van der Waals surface area contributed by atoms with E-state index in [9.17, 15) is 0 Å². The molecule has 0 bridgehead atoms. The number of aryl methyl sites for hydroxylation is 3.